The van der Waals surface area contributed by atoms with Gasteiger partial charge in [-0.3, -0.25) is 0 Å². The Morgan fingerprint density at radius 2 is 1.91 bits per heavy atom. The molecule has 0 fully saturated rings. The van der Waals surface area contributed by atoms with Gasteiger partial charge in [0.25, 0.3) is 0 Å². The molecule has 58 valence electrons. The molecule has 0 aromatic heterocycles. The number of allylic oxidation sites excluding steroid dienone is 1. The highest BCUT2D eigenvalue weighted by atomic mass is 35.5. The Labute approximate surface area is 70.3 Å². The largest absolute Gasteiger partial charge is 0.212 e. The first-order chi connectivity index (χ1) is 5.18. The molecule has 0 nitrogen and oxygen atoms in total. The van der Waals surface area contributed by atoms with Crippen LogP contribution in [0, 0.1) is 0 Å². The van der Waals surface area contributed by atoms with Gasteiger partial charge in [0.15, 0.2) is 0 Å². The Morgan fingerprint density at radius 3 is 2.36 bits per heavy atom. The van der Waals surface area contributed by atoms with Crippen LogP contribution in [0.3, 0.4) is 0 Å². The van der Waals surface area contributed by atoms with Crippen LogP contribution in [0.5, 0.6) is 0 Å². The van der Waals surface area contributed by atoms with E-state index >= 15 is 0 Å². The third-order valence-electron chi connectivity index (χ3n) is 1.31. The highest BCUT2D eigenvalue weighted by molar-refractivity contribution is 6.30. The van der Waals surface area contributed by atoms with Gasteiger partial charge in [-0.25, -0.2) is 4.39 Å². The smallest absolute Gasteiger partial charge is 0.0971 e. The maximum atomic E-state index is 12.3. The number of rotatable bonds is 2. The molecule has 0 aliphatic rings. The minimum Gasteiger partial charge on any atom is -0.212 e. The van der Waals surface area contributed by atoms with Crippen molar-refractivity contribution >= 4 is 11.6 Å². The van der Waals surface area contributed by atoms with Gasteiger partial charge >= 0.3 is 0 Å². The molecule has 0 radical (unpaired) electrons. The second-order valence-electron chi connectivity index (χ2n) is 2.32. The quantitative estimate of drug-likeness (QED) is 0.639. The van der Waals surface area contributed by atoms with E-state index in [1.165, 1.54) is 0 Å². The van der Waals surface area contributed by atoms with Crippen LogP contribution in [0.25, 0.3) is 0 Å². The van der Waals surface area contributed by atoms with Gasteiger partial charge in [-0.05, 0) is 17.7 Å². The summed E-state index contributed by atoms with van der Waals surface area (Å²) in [5, 5.41) is 0.665. The summed E-state index contributed by atoms with van der Waals surface area (Å²) in [6.07, 6.45) is 0.275. The Bertz CT molecular complexity index is 251. The van der Waals surface area contributed by atoms with Gasteiger partial charge in [0.05, 0.1) is 5.83 Å². The van der Waals surface area contributed by atoms with Crippen LogP contribution < -0.4 is 0 Å². The first-order valence-electron chi connectivity index (χ1n) is 3.26. The van der Waals surface area contributed by atoms with Crippen molar-refractivity contribution in [2.45, 2.75) is 6.42 Å². The van der Waals surface area contributed by atoms with Crippen molar-refractivity contribution in [3.05, 3.63) is 47.3 Å². The van der Waals surface area contributed by atoms with Gasteiger partial charge in [-0.1, -0.05) is 30.3 Å². The van der Waals surface area contributed by atoms with Crippen LogP contribution in [0.4, 0.5) is 4.39 Å². The number of hydrogen-bond acceptors (Lipinski definition) is 0. The molecule has 0 N–H and O–H groups in total. The van der Waals surface area contributed by atoms with Crippen molar-refractivity contribution in [3.8, 4) is 0 Å². The molecule has 2 heteroatoms. The molecular weight excluding hydrogens is 163 g/mol. The molecule has 1 aromatic carbocycles. The van der Waals surface area contributed by atoms with E-state index in [2.05, 4.69) is 6.58 Å². The molecule has 1 rings (SSSR count). The van der Waals surface area contributed by atoms with Crippen LogP contribution in [-0.4, -0.2) is 0 Å². The molecular formula is C9H8ClF. The molecule has 0 aliphatic carbocycles. The molecule has 0 atom stereocenters. The molecule has 11 heavy (non-hydrogen) atoms. The van der Waals surface area contributed by atoms with Crippen LogP contribution >= 0.6 is 11.6 Å². The normalized spacial score (nSPS) is 9.64. The van der Waals surface area contributed by atoms with Gasteiger partial charge in [0, 0.05) is 11.4 Å². The molecule has 0 amide bonds. The Kier molecular flexibility index (Phi) is 2.66. The van der Waals surface area contributed by atoms with Crippen molar-refractivity contribution in [1.82, 2.24) is 0 Å². The minimum absolute atomic E-state index is 0.275. The minimum atomic E-state index is -0.327. The van der Waals surface area contributed by atoms with E-state index in [0.717, 1.165) is 5.56 Å². The van der Waals surface area contributed by atoms with Crippen molar-refractivity contribution < 1.29 is 4.39 Å². The van der Waals surface area contributed by atoms with Gasteiger partial charge < -0.3 is 0 Å². The van der Waals surface area contributed by atoms with E-state index in [0.29, 0.717) is 5.02 Å². The zero-order chi connectivity index (χ0) is 8.27. The van der Waals surface area contributed by atoms with E-state index in [-0.39, 0.29) is 12.2 Å². The molecule has 0 saturated heterocycles. The summed E-state index contributed by atoms with van der Waals surface area (Å²) in [6.45, 7) is 3.17. The predicted octanol–water partition coefficient (Wildman–Crippen LogP) is 3.37. The first kappa shape index (κ1) is 8.28. The first-order valence-corrected chi connectivity index (χ1v) is 3.64. The molecule has 1 aromatic rings. The Morgan fingerprint density at radius 1 is 1.36 bits per heavy atom. The topological polar surface area (TPSA) is 0 Å². The fourth-order valence-electron chi connectivity index (χ4n) is 0.824. The Hall–Kier alpha value is -0.820. The average molecular weight is 171 g/mol. The number of halogens is 2. The summed E-state index contributed by atoms with van der Waals surface area (Å²) in [5.41, 5.74) is 0.891. The van der Waals surface area contributed by atoms with Crippen molar-refractivity contribution in [2.24, 2.45) is 0 Å². The van der Waals surface area contributed by atoms with Crippen LogP contribution in [0.2, 0.25) is 5.02 Å². The van der Waals surface area contributed by atoms with Gasteiger partial charge in [-0.15, -0.1) is 0 Å². The SMILES string of the molecule is C=C(F)Cc1ccc(Cl)cc1. The van der Waals surface area contributed by atoms with Gasteiger partial charge in [0.2, 0.25) is 0 Å². The van der Waals surface area contributed by atoms with Crippen molar-refractivity contribution in [2.75, 3.05) is 0 Å². The monoisotopic (exact) mass is 170 g/mol. The zero-order valence-corrected chi connectivity index (χ0v) is 6.74. The summed E-state index contributed by atoms with van der Waals surface area (Å²) < 4.78 is 12.3. The number of hydrogen-bond donors (Lipinski definition) is 0. The number of benzene rings is 1. The molecule has 0 heterocycles. The predicted molar refractivity (Wildman–Crippen MR) is 45.4 cm³/mol. The maximum absolute atomic E-state index is 12.3. The van der Waals surface area contributed by atoms with E-state index in [1.54, 1.807) is 24.3 Å². The van der Waals surface area contributed by atoms with E-state index < -0.39 is 0 Å². The summed E-state index contributed by atoms with van der Waals surface area (Å²) in [6, 6.07) is 7.04. The van der Waals surface area contributed by atoms with E-state index in [4.69, 9.17) is 11.6 Å². The highest BCUT2D eigenvalue weighted by Gasteiger charge is 1.94. The second-order valence-corrected chi connectivity index (χ2v) is 2.76. The summed E-state index contributed by atoms with van der Waals surface area (Å²) in [4.78, 5) is 0. The summed E-state index contributed by atoms with van der Waals surface area (Å²) >= 11 is 5.63. The van der Waals surface area contributed by atoms with Crippen molar-refractivity contribution in [3.63, 3.8) is 0 Å². The van der Waals surface area contributed by atoms with Crippen LogP contribution in [0.1, 0.15) is 5.56 Å². The lowest BCUT2D eigenvalue weighted by molar-refractivity contribution is 0.617. The summed E-state index contributed by atoms with van der Waals surface area (Å²) in [5.74, 6) is -0.327. The zero-order valence-electron chi connectivity index (χ0n) is 5.98. The average Bonchev–Trinajstić information content (AvgIpc) is 1.93. The van der Waals surface area contributed by atoms with Gasteiger partial charge in [-0.2, -0.15) is 0 Å². The third kappa shape index (κ3) is 2.72. The lowest BCUT2D eigenvalue weighted by atomic mass is 10.1. The maximum Gasteiger partial charge on any atom is 0.0971 e. The standard InChI is InChI=1S/C9H8ClF/c1-7(11)6-8-2-4-9(10)5-3-8/h2-5H,1,6H2. The third-order valence-corrected chi connectivity index (χ3v) is 1.56. The van der Waals surface area contributed by atoms with Gasteiger partial charge in [0.1, 0.15) is 0 Å². The van der Waals surface area contributed by atoms with Crippen LogP contribution in [-0.2, 0) is 6.42 Å². The Balaban J connectivity index is 2.74. The van der Waals surface area contributed by atoms with Crippen LogP contribution in [0.15, 0.2) is 36.7 Å². The highest BCUT2D eigenvalue weighted by Crippen LogP contribution is 2.12. The fraction of sp³-hybridized carbons (Fsp3) is 0.111. The molecule has 0 bridgehead atoms. The molecule has 0 spiro atoms. The van der Waals surface area contributed by atoms with E-state index in [1.807, 2.05) is 0 Å². The van der Waals surface area contributed by atoms with E-state index in [9.17, 15) is 4.39 Å². The molecule has 0 saturated carbocycles. The lowest BCUT2D eigenvalue weighted by Gasteiger charge is -1.96. The fourth-order valence-corrected chi connectivity index (χ4v) is 0.950. The molecule has 0 unspecified atom stereocenters. The molecule has 0 aliphatic heterocycles. The second kappa shape index (κ2) is 3.54. The summed E-state index contributed by atoms with van der Waals surface area (Å²) in [7, 11) is 0. The van der Waals surface area contributed by atoms with Crippen molar-refractivity contribution in [1.29, 1.82) is 0 Å². The lowest BCUT2D eigenvalue weighted by Crippen LogP contribution is -1.82.